The number of hydrogen-bond donors (Lipinski definition) is 1. The van der Waals surface area contributed by atoms with Gasteiger partial charge in [-0.2, -0.15) is 0 Å². The summed E-state index contributed by atoms with van der Waals surface area (Å²) in [4.78, 5) is 0. The maximum absolute atomic E-state index is 13.5. The van der Waals surface area contributed by atoms with Crippen molar-refractivity contribution in [1.82, 2.24) is 0 Å². The highest BCUT2D eigenvalue weighted by atomic mass is 19.1. The molecule has 0 aromatic heterocycles. The predicted octanol–water partition coefficient (Wildman–Crippen LogP) is 3.24. The van der Waals surface area contributed by atoms with E-state index in [0.717, 1.165) is 18.8 Å². The lowest BCUT2D eigenvalue weighted by Crippen LogP contribution is -2.23. The minimum atomic E-state index is -0.269. The predicted molar refractivity (Wildman–Crippen MR) is 66.3 cm³/mol. The summed E-state index contributed by atoms with van der Waals surface area (Å²) in [6.45, 7) is 2.50. The molecule has 0 amide bonds. The van der Waals surface area contributed by atoms with Gasteiger partial charge in [0, 0.05) is 18.2 Å². The van der Waals surface area contributed by atoms with Gasteiger partial charge in [0.15, 0.2) is 0 Å². The topological polar surface area (TPSA) is 35.2 Å². The number of halogens is 1. The quantitative estimate of drug-likeness (QED) is 0.876. The van der Waals surface area contributed by atoms with Crippen LogP contribution in [0.25, 0.3) is 0 Å². The van der Waals surface area contributed by atoms with Gasteiger partial charge >= 0.3 is 0 Å². The van der Waals surface area contributed by atoms with Crippen LogP contribution in [0, 0.1) is 11.7 Å². The van der Waals surface area contributed by atoms with Crippen LogP contribution in [0.15, 0.2) is 18.2 Å². The normalized spacial score (nSPS) is 24.6. The lowest BCUT2D eigenvalue weighted by Gasteiger charge is -2.26. The smallest absolute Gasteiger partial charge is 0.131 e. The van der Waals surface area contributed by atoms with E-state index in [9.17, 15) is 4.39 Å². The fourth-order valence-electron chi connectivity index (χ4n) is 2.31. The Kier molecular flexibility index (Phi) is 4.00. The van der Waals surface area contributed by atoms with E-state index in [1.807, 2.05) is 6.07 Å². The van der Waals surface area contributed by atoms with Gasteiger partial charge in [0.1, 0.15) is 11.6 Å². The Morgan fingerprint density at radius 2 is 2.00 bits per heavy atom. The fourth-order valence-corrected chi connectivity index (χ4v) is 2.31. The molecule has 1 aliphatic carbocycles. The molecule has 1 fully saturated rings. The molecule has 3 heteroatoms. The van der Waals surface area contributed by atoms with E-state index >= 15 is 0 Å². The Hall–Kier alpha value is -1.09. The van der Waals surface area contributed by atoms with Crippen molar-refractivity contribution in [3.8, 4) is 5.75 Å². The van der Waals surface area contributed by atoms with Gasteiger partial charge in [-0.05, 0) is 37.7 Å². The third kappa shape index (κ3) is 3.19. The van der Waals surface area contributed by atoms with Crippen LogP contribution in [0.2, 0.25) is 0 Å². The van der Waals surface area contributed by atoms with Crippen LogP contribution < -0.4 is 10.5 Å². The molecule has 0 aliphatic heterocycles. The summed E-state index contributed by atoms with van der Waals surface area (Å²) in [7, 11) is 0. The van der Waals surface area contributed by atoms with Crippen molar-refractivity contribution >= 4 is 0 Å². The SMILES string of the molecule is CC1CCC(Oc2ccc(CN)c(F)c2)CC1. The first-order valence-corrected chi connectivity index (χ1v) is 6.34. The molecule has 2 N–H and O–H groups in total. The molecule has 0 unspecified atom stereocenters. The summed E-state index contributed by atoms with van der Waals surface area (Å²) in [5.74, 6) is 1.15. The van der Waals surface area contributed by atoms with Crippen LogP contribution in [0.3, 0.4) is 0 Å². The van der Waals surface area contributed by atoms with E-state index in [2.05, 4.69) is 6.92 Å². The molecule has 17 heavy (non-hydrogen) atoms. The molecule has 2 rings (SSSR count). The molecule has 0 spiro atoms. The third-order valence-corrected chi connectivity index (χ3v) is 3.51. The minimum Gasteiger partial charge on any atom is -0.490 e. The molecule has 1 aromatic carbocycles. The summed E-state index contributed by atoms with van der Waals surface area (Å²) < 4.78 is 19.3. The van der Waals surface area contributed by atoms with Crippen molar-refractivity contribution in [1.29, 1.82) is 0 Å². The fraction of sp³-hybridized carbons (Fsp3) is 0.571. The van der Waals surface area contributed by atoms with Crippen LogP contribution in [-0.4, -0.2) is 6.10 Å². The first-order valence-electron chi connectivity index (χ1n) is 6.34. The number of ether oxygens (including phenoxy) is 1. The minimum absolute atomic E-state index is 0.229. The van der Waals surface area contributed by atoms with Gasteiger partial charge in [-0.3, -0.25) is 0 Å². The van der Waals surface area contributed by atoms with E-state index in [4.69, 9.17) is 10.5 Å². The van der Waals surface area contributed by atoms with Crippen LogP contribution in [0.4, 0.5) is 4.39 Å². The zero-order valence-corrected chi connectivity index (χ0v) is 10.3. The van der Waals surface area contributed by atoms with Gasteiger partial charge in [-0.25, -0.2) is 4.39 Å². The number of rotatable bonds is 3. The second-order valence-corrected chi connectivity index (χ2v) is 4.96. The molecule has 0 heterocycles. The first-order chi connectivity index (χ1) is 8.19. The molecule has 94 valence electrons. The van der Waals surface area contributed by atoms with Crippen molar-refractivity contribution in [2.75, 3.05) is 0 Å². The molecule has 2 nitrogen and oxygen atoms in total. The van der Waals surface area contributed by atoms with Crippen molar-refractivity contribution in [2.24, 2.45) is 11.7 Å². The zero-order valence-electron chi connectivity index (χ0n) is 10.3. The monoisotopic (exact) mass is 237 g/mol. The van der Waals surface area contributed by atoms with Crippen LogP contribution in [-0.2, 0) is 6.54 Å². The molecule has 1 aliphatic rings. The van der Waals surface area contributed by atoms with E-state index in [0.29, 0.717) is 11.3 Å². The third-order valence-electron chi connectivity index (χ3n) is 3.51. The summed E-state index contributed by atoms with van der Waals surface area (Å²) in [5, 5.41) is 0. The molecule has 0 radical (unpaired) electrons. The van der Waals surface area contributed by atoms with Crippen molar-refractivity contribution in [3.63, 3.8) is 0 Å². The molecule has 1 saturated carbocycles. The Morgan fingerprint density at radius 1 is 1.29 bits per heavy atom. The number of nitrogens with two attached hydrogens (primary N) is 1. The van der Waals surface area contributed by atoms with Crippen LogP contribution in [0.5, 0.6) is 5.75 Å². The number of hydrogen-bond acceptors (Lipinski definition) is 2. The Labute approximate surface area is 102 Å². The summed E-state index contributed by atoms with van der Waals surface area (Å²) >= 11 is 0. The zero-order chi connectivity index (χ0) is 12.3. The van der Waals surface area contributed by atoms with E-state index < -0.39 is 0 Å². The molecular weight excluding hydrogens is 217 g/mol. The Morgan fingerprint density at radius 3 is 2.59 bits per heavy atom. The average molecular weight is 237 g/mol. The second kappa shape index (κ2) is 5.50. The van der Waals surface area contributed by atoms with E-state index in [-0.39, 0.29) is 18.5 Å². The summed E-state index contributed by atoms with van der Waals surface area (Å²) in [6, 6.07) is 4.96. The summed E-state index contributed by atoms with van der Waals surface area (Å²) in [5.41, 5.74) is 5.96. The van der Waals surface area contributed by atoms with Crippen LogP contribution in [0.1, 0.15) is 38.2 Å². The van der Waals surface area contributed by atoms with Crippen molar-refractivity contribution in [2.45, 2.75) is 45.3 Å². The maximum Gasteiger partial charge on any atom is 0.131 e. The van der Waals surface area contributed by atoms with Gasteiger partial charge in [0.05, 0.1) is 6.10 Å². The highest BCUT2D eigenvalue weighted by Gasteiger charge is 2.19. The first kappa shape index (κ1) is 12.4. The highest BCUT2D eigenvalue weighted by Crippen LogP contribution is 2.27. The molecule has 0 atom stereocenters. The molecule has 0 saturated heterocycles. The highest BCUT2D eigenvalue weighted by molar-refractivity contribution is 5.29. The maximum atomic E-state index is 13.5. The summed E-state index contributed by atoms with van der Waals surface area (Å²) in [6.07, 6.45) is 4.79. The van der Waals surface area contributed by atoms with Gasteiger partial charge in [-0.15, -0.1) is 0 Å². The van der Waals surface area contributed by atoms with E-state index in [1.54, 1.807) is 6.07 Å². The Bertz CT molecular complexity index is 372. The van der Waals surface area contributed by atoms with Gasteiger partial charge in [0.2, 0.25) is 0 Å². The van der Waals surface area contributed by atoms with Gasteiger partial charge in [-0.1, -0.05) is 13.0 Å². The lowest BCUT2D eigenvalue weighted by atomic mass is 9.89. The standard InChI is InChI=1S/C14H20FNO/c1-10-2-5-12(6-3-10)17-13-7-4-11(9-16)14(15)8-13/h4,7-8,10,12H,2-3,5-6,9,16H2,1H3. The Balaban J connectivity index is 1.97. The number of benzene rings is 1. The average Bonchev–Trinajstić information content (AvgIpc) is 2.32. The van der Waals surface area contributed by atoms with Gasteiger partial charge in [0.25, 0.3) is 0 Å². The van der Waals surface area contributed by atoms with Crippen LogP contribution >= 0.6 is 0 Å². The second-order valence-electron chi connectivity index (χ2n) is 4.96. The molecule has 0 bridgehead atoms. The van der Waals surface area contributed by atoms with E-state index in [1.165, 1.54) is 18.9 Å². The van der Waals surface area contributed by atoms with Crippen molar-refractivity contribution < 1.29 is 9.13 Å². The lowest BCUT2D eigenvalue weighted by molar-refractivity contribution is 0.135. The van der Waals surface area contributed by atoms with Gasteiger partial charge < -0.3 is 10.5 Å². The largest absolute Gasteiger partial charge is 0.490 e. The molecule has 1 aromatic rings. The van der Waals surface area contributed by atoms with Crippen molar-refractivity contribution in [3.05, 3.63) is 29.6 Å². The molecular formula is C14H20FNO.